The molecule has 1 aromatic carbocycles. The molecule has 12 heteroatoms. The molecule has 3 N–H and O–H groups in total. The Morgan fingerprint density at radius 1 is 1.21 bits per heavy atom. The van der Waals surface area contributed by atoms with E-state index in [0.717, 1.165) is 35.8 Å². The Bertz CT molecular complexity index is 1220. The SMILES string of the molecule is C=C/C=C(\C=C(/CC)N=C(C)N(C=O)c1ccc(NC(=O)NS(=O)c2ccc(Cl)s2)cc1)NCCN(C)C. The Balaban J connectivity index is 2.09. The number of nitrogens with one attached hydrogen (secondary N) is 3. The number of thiophene rings is 1. The highest BCUT2D eigenvalue weighted by molar-refractivity contribution is 7.86. The normalized spacial score (nSPS) is 13.2. The number of nitrogens with zero attached hydrogens (tertiary/aromatic N) is 3. The fraction of sp³-hybridized carbons (Fsp3) is 0.269. The van der Waals surface area contributed by atoms with Crippen LogP contribution in [0.1, 0.15) is 20.3 Å². The molecular weight excluding hydrogens is 544 g/mol. The maximum atomic E-state index is 12.2. The Morgan fingerprint density at radius 3 is 2.47 bits per heavy atom. The molecule has 3 amide bonds. The van der Waals surface area contributed by atoms with E-state index in [4.69, 9.17) is 11.6 Å². The topological polar surface area (TPSA) is 106 Å². The van der Waals surface area contributed by atoms with Crippen molar-refractivity contribution in [1.82, 2.24) is 14.9 Å². The highest BCUT2D eigenvalue weighted by atomic mass is 35.5. The Labute approximate surface area is 235 Å². The maximum absolute atomic E-state index is 12.2. The third kappa shape index (κ3) is 10.3. The van der Waals surface area contributed by atoms with Crippen molar-refractivity contribution in [2.45, 2.75) is 24.5 Å². The summed E-state index contributed by atoms with van der Waals surface area (Å²) in [5.41, 5.74) is 2.70. The van der Waals surface area contributed by atoms with Gasteiger partial charge >= 0.3 is 6.03 Å². The summed E-state index contributed by atoms with van der Waals surface area (Å²) < 4.78 is 15.5. The number of likely N-dealkylation sites (N-methyl/N-ethyl adjacent to an activating group) is 1. The zero-order valence-corrected chi connectivity index (χ0v) is 24.3. The number of benzene rings is 1. The lowest BCUT2D eigenvalue weighted by Crippen LogP contribution is -2.30. The molecule has 1 aromatic heterocycles. The van der Waals surface area contributed by atoms with Crippen LogP contribution in [0.25, 0.3) is 0 Å². The van der Waals surface area contributed by atoms with E-state index in [1.165, 1.54) is 4.90 Å². The molecule has 0 spiro atoms. The number of urea groups is 1. The fourth-order valence-corrected chi connectivity index (χ4v) is 5.20. The largest absolute Gasteiger partial charge is 0.384 e. The number of carbonyl (C=O) groups excluding carboxylic acids is 2. The quantitative estimate of drug-likeness (QED) is 0.132. The van der Waals surface area contributed by atoms with E-state index >= 15 is 0 Å². The molecule has 1 atom stereocenters. The molecule has 0 fully saturated rings. The molecule has 0 aliphatic rings. The molecule has 0 aliphatic carbocycles. The number of hydrogen-bond donors (Lipinski definition) is 3. The van der Waals surface area contributed by atoms with E-state index < -0.39 is 17.0 Å². The zero-order chi connectivity index (χ0) is 28.1. The summed E-state index contributed by atoms with van der Waals surface area (Å²) in [6, 6.07) is 9.21. The lowest BCUT2D eigenvalue weighted by Gasteiger charge is -2.18. The molecule has 204 valence electrons. The average molecular weight is 577 g/mol. The van der Waals surface area contributed by atoms with E-state index in [1.807, 2.05) is 33.2 Å². The first kappa shape index (κ1) is 31.0. The predicted molar refractivity (Wildman–Crippen MR) is 159 cm³/mol. The lowest BCUT2D eigenvalue weighted by molar-refractivity contribution is -0.106. The molecule has 0 saturated heterocycles. The number of allylic oxidation sites excluding steroid dienone is 4. The van der Waals surface area contributed by atoms with Gasteiger partial charge in [-0.15, -0.1) is 11.3 Å². The minimum atomic E-state index is -1.72. The van der Waals surface area contributed by atoms with Crippen molar-refractivity contribution < 1.29 is 13.8 Å². The molecule has 0 bridgehead atoms. The van der Waals surface area contributed by atoms with Crippen LogP contribution in [-0.4, -0.2) is 54.6 Å². The first-order valence-corrected chi connectivity index (χ1v) is 14.1. The van der Waals surface area contributed by atoms with E-state index in [-0.39, 0.29) is 0 Å². The average Bonchev–Trinajstić information content (AvgIpc) is 3.31. The Kier molecular flexibility index (Phi) is 12.9. The van der Waals surface area contributed by atoms with Crippen LogP contribution in [0.2, 0.25) is 4.34 Å². The summed E-state index contributed by atoms with van der Waals surface area (Å²) in [4.78, 5) is 32.3. The maximum Gasteiger partial charge on any atom is 0.331 e. The minimum Gasteiger partial charge on any atom is -0.384 e. The standard InChI is InChI=1S/C26H33ClN6O3S2/c1-6-8-22(28-15-16-32(4)5)17-20(7-2)29-19(3)33(18-34)23-11-9-21(10-12-23)30-26(35)31-38(36)25-14-13-24(27)37-25/h6,8-14,17-18,28H,1,7,15-16H2,2-5H3,(H2,30,31,35)/b20-17+,22-8+,29-19?. The van der Waals surface area contributed by atoms with E-state index in [9.17, 15) is 13.8 Å². The molecule has 2 aromatic rings. The van der Waals surface area contributed by atoms with Crippen molar-refractivity contribution in [2.75, 3.05) is 37.4 Å². The van der Waals surface area contributed by atoms with Crippen LogP contribution in [0.5, 0.6) is 0 Å². The summed E-state index contributed by atoms with van der Waals surface area (Å²) in [6.07, 6.45) is 6.86. The van der Waals surface area contributed by atoms with Crippen molar-refractivity contribution in [3.8, 4) is 0 Å². The summed E-state index contributed by atoms with van der Waals surface area (Å²) in [5, 5.41) is 5.98. The van der Waals surface area contributed by atoms with Gasteiger partial charge in [0.1, 0.15) is 10.0 Å². The molecule has 1 unspecified atom stereocenters. The third-order valence-corrected chi connectivity index (χ3v) is 7.55. The molecule has 38 heavy (non-hydrogen) atoms. The zero-order valence-electron chi connectivity index (χ0n) is 21.9. The molecule has 9 nitrogen and oxygen atoms in total. The van der Waals surface area contributed by atoms with Crippen LogP contribution in [0.4, 0.5) is 16.2 Å². The van der Waals surface area contributed by atoms with E-state index in [0.29, 0.717) is 38.6 Å². The van der Waals surface area contributed by atoms with Gasteiger partial charge in [-0.1, -0.05) is 31.2 Å². The predicted octanol–water partition coefficient (Wildman–Crippen LogP) is 5.14. The second-order valence-electron chi connectivity index (χ2n) is 8.14. The van der Waals surface area contributed by atoms with Crippen LogP contribution < -0.4 is 20.3 Å². The van der Waals surface area contributed by atoms with Crippen LogP contribution in [-0.2, 0) is 15.8 Å². The third-order valence-electron chi connectivity index (χ3n) is 4.95. The first-order valence-electron chi connectivity index (χ1n) is 11.7. The van der Waals surface area contributed by atoms with Crippen molar-refractivity contribution in [2.24, 2.45) is 4.99 Å². The number of carbonyl (C=O) groups is 2. The van der Waals surface area contributed by atoms with E-state index in [1.54, 1.807) is 49.4 Å². The highest BCUT2D eigenvalue weighted by Gasteiger charge is 2.13. The van der Waals surface area contributed by atoms with Gasteiger partial charge in [0.25, 0.3) is 0 Å². The second-order valence-corrected chi connectivity index (χ2v) is 11.3. The molecule has 0 radical (unpaired) electrons. The molecular formula is C26H33ClN6O3S2. The molecule has 1 heterocycles. The summed E-state index contributed by atoms with van der Waals surface area (Å²) in [6.45, 7) is 9.16. The Hall–Kier alpha value is -3.25. The van der Waals surface area contributed by atoms with Gasteiger partial charge in [-0.25, -0.2) is 14.0 Å². The van der Waals surface area contributed by atoms with Crippen molar-refractivity contribution in [3.05, 3.63) is 76.9 Å². The number of amides is 3. The number of rotatable bonds is 13. The Morgan fingerprint density at radius 2 is 1.92 bits per heavy atom. The van der Waals surface area contributed by atoms with Crippen LogP contribution in [0.15, 0.2) is 81.8 Å². The molecule has 2 rings (SSSR count). The van der Waals surface area contributed by atoms with Gasteiger partial charge in [0.15, 0.2) is 11.0 Å². The van der Waals surface area contributed by atoms with Crippen LogP contribution in [0, 0.1) is 0 Å². The molecule has 0 aliphatic heterocycles. The van der Waals surface area contributed by atoms with Crippen molar-refractivity contribution in [1.29, 1.82) is 0 Å². The van der Waals surface area contributed by atoms with Gasteiger partial charge in [-0.2, -0.15) is 0 Å². The minimum absolute atomic E-state index is 0.439. The first-order chi connectivity index (χ1) is 18.2. The van der Waals surface area contributed by atoms with Crippen molar-refractivity contribution >= 4 is 63.6 Å². The summed E-state index contributed by atoms with van der Waals surface area (Å²) in [5.74, 6) is 0.489. The van der Waals surface area contributed by atoms with Gasteiger partial charge in [-0.05, 0) is 76.0 Å². The van der Waals surface area contributed by atoms with Gasteiger partial charge in [-0.3, -0.25) is 14.4 Å². The summed E-state index contributed by atoms with van der Waals surface area (Å²) in [7, 11) is 2.30. The fourth-order valence-electron chi connectivity index (χ4n) is 3.08. The van der Waals surface area contributed by atoms with Crippen molar-refractivity contribution in [3.63, 3.8) is 0 Å². The number of amidine groups is 1. The number of hydrogen-bond acceptors (Lipinski definition) is 7. The second kappa shape index (κ2) is 15.9. The number of halogens is 1. The number of anilines is 2. The van der Waals surface area contributed by atoms with Gasteiger partial charge in [0.2, 0.25) is 6.41 Å². The highest BCUT2D eigenvalue weighted by Crippen LogP contribution is 2.24. The van der Waals surface area contributed by atoms with Gasteiger partial charge in [0.05, 0.1) is 4.34 Å². The summed E-state index contributed by atoms with van der Waals surface area (Å²) >= 11 is 6.98. The number of aliphatic imine (C=N–C) groups is 1. The van der Waals surface area contributed by atoms with E-state index in [2.05, 4.69) is 31.8 Å². The van der Waals surface area contributed by atoms with Gasteiger partial charge in [0, 0.05) is 35.9 Å². The molecule has 0 saturated carbocycles. The lowest BCUT2D eigenvalue weighted by atomic mass is 10.2. The smallest absolute Gasteiger partial charge is 0.331 e. The monoisotopic (exact) mass is 576 g/mol. The van der Waals surface area contributed by atoms with Crippen LogP contribution in [0.3, 0.4) is 0 Å². The van der Waals surface area contributed by atoms with Gasteiger partial charge < -0.3 is 15.5 Å². The van der Waals surface area contributed by atoms with Crippen LogP contribution >= 0.6 is 22.9 Å².